The van der Waals surface area contributed by atoms with E-state index in [2.05, 4.69) is 57.8 Å². The van der Waals surface area contributed by atoms with E-state index in [0.717, 1.165) is 6.54 Å². The molecule has 0 spiro atoms. The van der Waals surface area contributed by atoms with Crippen molar-refractivity contribution in [2.75, 3.05) is 18.5 Å². The van der Waals surface area contributed by atoms with Crippen molar-refractivity contribution in [1.82, 2.24) is 0 Å². The van der Waals surface area contributed by atoms with Crippen LogP contribution in [0.5, 0.6) is 0 Å². The predicted octanol–water partition coefficient (Wildman–Crippen LogP) is 2.72. The van der Waals surface area contributed by atoms with Crippen LogP contribution in [0.2, 0.25) is 0 Å². The fourth-order valence-electron chi connectivity index (χ4n) is 1.87. The van der Waals surface area contributed by atoms with Crippen LogP contribution in [0, 0.1) is 19.8 Å². The number of benzene rings is 1. The Morgan fingerprint density at radius 3 is 2.06 bits per heavy atom. The number of nitrogens with two attached hydrogens (primary N) is 1. The molecule has 90 valence electrons. The zero-order valence-corrected chi connectivity index (χ0v) is 11.1. The predicted molar refractivity (Wildman–Crippen MR) is 72.0 cm³/mol. The van der Waals surface area contributed by atoms with Crippen molar-refractivity contribution in [2.24, 2.45) is 11.7 Å². The highest BCUT2D eigenvalue weighted by molar-refractivity contribution is 5.50. The van der Waals surface area contributed by atoms with Crippen LogP contribution in [0.25, 0.3) is 0 Å². The molecule has 1 aromatic rings. The Hall–Kier alpha value is -1.02. The first-order valence-corrected chi connectivity index (χ1v) is 5.95. The van der Waals surface area contributed by atoms with Crippen LogP contribution in [0.1, 0.15) is 25.0 Å². The van der Waals surface area contributed by atoms with E-state index < -0.39 is 0 Å². The molecular formula is C14H24N2. The molecule has 0 aliphatic carbocycles. The van der Waals surface area contributed by atoms with Gasteiger partial charge < -0.3 is 10.6 Å². The molecule has 0 bridgehead atoms. The molecule has 2 unspecified atom stereocenters. The van der Waals surface area contributed by atoms with E-state index in [4.69, 9.17) is 5.73 Å². The van der Waals surface area contributed by atoms with Gasteiger partial charge in [-0.3, -0.25) is 0 Å². The van der Waals surface area contributed by atoms with Gasteiger partial charge in [-0.1, -0.05) is 13.0 Å². The third-order valence-electron chi connectivity index (χ3n) is 3.11. The molecule has 0 fully saturated rings. The summed E-state index contributed by atoms with van der Waals surface area (Å²) in [5.41, 5.74) is 9.81. The standard InChI is InChI=1S/C14H24N2/c1-10-6-11(2)8-14(7-10)16(5)9-12(3)13(4)15/h6-8,12-13H,9,15H2,1-5H3. The molecule has 1 rings (SSSR count). The first-order valence-electron chi connectivity index (χ1n) is 5.95. The lowest BCUT2D eigenvalue weighted by atomic mass is 10.0. The maximum absolute atomic E-state index is 5.90. The molecule has 0 saturated heterocycles. The van der Waals surface area contributed by atoms with Crippen LogP contribution >= 0.6 is 0 Å². The van der Waals surface area contributed by atoms with Gasteiger partial charge in [0.15, 0.2) is 0 Å². The normalized spacial score (nSPS) is 14.6. The van der Waals surface area contributed by atoms with Crippen molar-refractivity contribution in [3.63, 3.8) is 0 Å². The summed E-state index contributed by atoms with van der Waals surface area (Å²) in [5.74, 6) is 0.505. The number of anilines is 1. The number of aryl methyl sites for hydroxylation is 2. The summed E-state index contributed by atoms with van der Waals surface area (Å²) >= 11 is 0. The van der Waals surface area contributed by atoms with Crippen LogP contribution in [0.15, 0.2) is 18.2 Å². The van der Waals surface area contributed by atoms with Gasteiger partial charge >= 0.3 is 0 Å². The Kier molecular flexibility index (Phi) is 4.36. The quantitative estimate of drug-likeness (QED) is 0.845. The molecule has 2 heteroatoms. The molecule has 0 heterocycles. The molecule has 0 aliphatic heterocycles. The Morgan fingerprint density at radius 2 is 1.62 bits per heavy atom. The van der Waals surface area contributed by atoms with Crippen LogP contribution in [-0.4, -0.2) is 19.6 Å². The first-order chi connectivity index (χ1) is 7.40. The first kappa shape index (κ1) is 13.0. The van der Waals surface area contributed by atoms with E-state index in [-0.39, 0.29) is 6.04 Å². The SMILES string of the molecule is Cc1cc(C)cc(N(C)CC(C)C(C)N)c1. The Balaban J connectivity index is 2.76. The molecule has 0 radical (unpaired) electrons. The van der Waals surface area contributed by atoms with Crippen LogP contribution < -0.4 is 10.6 Å². The second kappa shape index (κ2) is 5.35. The van der Waals surface area contributed by atoms with Gasteiger partial charge in [0.25, 0.3) is 0 Å². The molecule has 0 aromatic heterocycles. The molecule has 16 heavy (non-hydrogen) atoms. The van der Waals surface area contributed by atoms with Crippen molar-refractivity contribution in [1.29, 1.82) is 0 Å². The zero-order chi connectivity index (χ0) is 12.3. The highest BCUT2D eigenvalue weighted by atomic mass is 15.1. The Bertz CT molecular complexity index is 324. The van der Waals surface area contributed by atoms with E-state index in [1.165, 1.54) is 16.8 Å². The highest BCUT2D eigenvalue weighted by Gasteiger charge is 2.11. The summed E-state index contributed by atoms with van der Waals surface area (Å²) in [6.07, 6.45) is 0. The summed E-state index contributed by atoms with van der Waals surface area (Å²) in [6, 6.07) is 6.89. The van der Waals surface area contributed by atoms with Gasteiger partial charge in [-0.05, 0) is 49.9 Å². The van der Waals surface area contributed by atoms with E-state index in [1.807, 2.05) is 0 Å². The summed E-state index contributed by atoms with van der Waals surface area (Å²) in [5, 5.41) is 0. The number of hydrogen-bond donors (Lipinski definition) is 1. The van der Waals surface area contributed by atoms with Crippen molar-refractivity contribution >= 4 is 5.69 Å². The average Bonchev–Trinajstić information content (AvgIpc) is 2.15. The Morgan fingerprint density at radius 1 is 1.12 bits per heavy atom. The third kappa shape index (κ3) is 3.53. The van der Waals surface area contributed by atoms with Gasteiger partial charge in [-0.2, -0.15) is 0 Å². The van der Waals surface area contributed by atoms with E-state index in [0.29, 0.717) is 5.92 Å². The lowest BCUT2D eigenvalue weighted by Gasteiger charge is -2.26. The van der Waals surface area contributed by atoms with Gasteiger partial charge in [0.2, 0.25) is 0 Å². The average molecular weight is 220 g/mol. The zero-order valence-electron chi connectivity index (χ0n) is 11.1. The van der Waals surface area contributed by atoms with Crippen LogP contribution in [0.4, 0.5) is 5.69 Å². The lowest BCUT2D eigenvalue weighted by molar-refractivity contribution is 0.485. The fraction of sp³-hybridized carbons (Fsp3) is 0.571. The molecule has 0 aliphatic rings. The molecule has 2 nitrogen and oxygen atoms in total. The van der Waals surface area contributed by atoms with E-state index in [1.54, 1.807) is 0 Å². The fourth-order valence-corrected chi connectivity index (χ4v) is 1.87. The highest BCUT2D eigenvalue weighted by Crippen LogP contribution is 2.18. The van der Waals surface area contributed by atoms with E-state index >= 15 is 0 Å². The summed E-state index contributed by atoms with van der Waals surface area (Å²) in [6.45, 7) is 9.54. The minimum Gasteiger partial charge on any atom is -0.374 e. The maximum Gasteiger partial charge on any atom is 0.0369 e. The van der Waals surface area contributed by atoms with Gasteiger partial charge in [0.1, 0.15) is 0 Å². The van der Waals surface area contributed by atoms with Gasteiger partial charge in [0.05, 0.1) is 0 Å². The minimum atomic E-state index is 0.244. The molecular weight excluding hydrogens is 196 g/mol. The molecule has 0 saturated carbocycles. The lowest BCUT2D eigenvalue weighted by Crippen LogP contribution is -2.34. The Labute approximate surface area is 99.5 Å². The second-order valence-electron chi connectivity index (χ2n) is 5.06. The summed E-state index contributed by atoms with van der Waals surface area (Å²) in [7, 11) is 2.13. The second-order valence-corrected chi connectivity index (χ2v) is 5.06. The molecule has 2 atom stereocenters. The van der Waals surface area contributed by atoms with Crippen LogP contribution in [0.3, 0.4) is 0 Å². The van der Waals surface area contributed by atoms with Crippen LogP contribution in [-0.2, 0) is 0 Å². The largest absolute Gasteiger partial charge is 0.374 e. The molecule has 2 N–H and O–H groups in total. The maximum atomic E-state index is 5.90. The summed E-state index contributed by atoms with van der Waals surface area (Å²) in [4.78, 5) is 2.29. The van der Waals surface area contributed by atoms with Gasteiger partial charge in [-0.15, -0.1) is 0 Å². The molecule has 0 amide bonds. The van der Waals surface area contributed by atoms with Crippen molar-refractivity contribution in [2.45, 2.75) is 33.7 Å². The number of rotatable bonds is 4. The van der Waals surface area contributed by atoms with Crippen molar-refractivity contribution in [3.8, 4) is 0 Å². The van der Waals surface area contributed by atoms with E-state index in [9.17, 15) is 0 Å². The smallest absolute Gasteiger partial charge is 0.0369 e. The molecule has 1 aromatic carbocycles. The van der Waals surface area contributed by atoms with Crippen molar-refractivity contribution < 1.29 is 0 Å². The number of nitrogens with zero attached hydrogens (tertiary/aromatic N) is 1. The minimum absolute atomic E-state index is 0.244. The number of hydrogen-bond acceptors (Lipinski definition) is 2. The van der Waals surface area contributed by atoms with Gasteiger partial charge in [0, 0.05) is 25.3 Å². The third-order valence-corrected chi connectivity index (χ3v) is 3.11. The van der Waals surface area contributed by atoms with Crippen molar-refractivity contribution in [3.05, 3.63) is 29.3 Å². The summed E-state index contributed by atoms with van der Waals surface area (Å²) < 4.78 is 0. The monoisotopic (exact) mass is 220 g/mol. The topological polar surface area (TPSA) is 29.3 Å². The van der Waals surface area contributed by atoms with Gasteiger partial charge in [-0.25, -0.2) is 0 Å².